The molecule has 0 aromatic carbocycles. The van der Waals surface area contributed by atoms with Crippen molar-refractivity contribution in [3.8, 4) is 0 Å². The zero-order valence-corrected chi connectivity index (χ0v) is 10.3. The van der Waals surface area contributed by atoms with E-state index in [0.29, 0.717) is 0 Å². The maximum Gasteiger partial charge on any atom is 0.0796 e. The van der Waals surface area contributed by atoms with Gasteiger partial charge in [0.25, 0.3) is 0 Å². The summed E-state index contributed by atoms with van der Waals surface area (Å²) in [5, 5.41) is 10.8. The predicted octanol–water partition coefficient (Wildman–Crippen LogP) is 0.940. The first-order valence-corrected chi connectivity index (χ1v) is 6.19. The second-order valence-electron chi connectivity index (χ2n) is 4.68. The SMILES string of the molecule is CNCCN(C)Cc1n[nH]c2c1CCCC2. The second-order valence-corrected chi connectivity index (χ2v) is 4.68. The zero-order valence-electron chi connectivity index (χ0n) is 10.3. The van der Waals surface area contributed by atoms with Crippen LogP contribution in [0.5, 0.6) is 0 Å². The van der Waals surface area contributed by atoms with Gasteiger partial charge in [-0.3, -0.25) is 10.00 Å². The molecule has 0 fully saturated rings. The van der Waals surface area contributed by atoms with Gasteiger partial charge < -0.3 is 5.32 Å². The fourth-order valence-corrected chi connectivity index (χ4v) is 2.32. The molecule has 1 aliphatic rings. The van der Waals surface area contributed by atoms with Crippen molar-refractivity contribution >= 4 is 0 Å². The lowest BCUT2D eigenvalue weighted by atomic mass is 9.96. The van der Waals surface area contributed by atoms with Gasteiger partial charge in [-0.25, -0.2) is 0 Å². The van der Waals surface area contributed by atoms with Gasteiger partial charge in [0, 0.05) is 25.3 Å². The van der Waals surface area contributed by atoms with Gasteiger partial charge in [0.1, 0.15) is 0 Å². The molecule has 0 aliphatic heterocycles. The minimum absolute atomic E-state index is 0.966. The molecule has 1 aromatic rings. The van der Waals surface area contributed by atoms with Crippen LogP contribution in [0.25, 0.3) is 0 Å². The molecule has 4 heteroatoms. The fourth-order valence-electron chi connectivity index (χ4n) is 2.32. The molecule has 1 aliphatic carbocycles. The Kier molecular flexibility index (Phi) is 3.96. The number of aromatic nitrogens is 2. The third-order valence-corrected chi connectivity index (χ3v) is 3.31. The van der Waals surface area contributed by atoms with Gasteiger partial charge in [-0.15, -0.1) is 0 Å². The monoisotopic (exact) mass is 222 g/mol. The first-order chi connectivity index (χ1) is 7.81. The second kappa shape index (κ2) is 5.46. The number of rotatable bonds is 5. The molecular formula is C12H22N4. The Morgan fingerprint density at radius 2 is 2.19 bits per heavy atom. The van der Waals surface area contributed by atoms with Gasteiger partial charge in [0.2, 0.25) is 0 Å². The maximum atomic E-state index is 4.46. The summed E-state index contributed by atoms with van der Waals surface area (Å²) in [5.74, 6) is 0. The zero-order chi connectivity index (χ0) is 11.4. The number of nitrogens with zero attached hydrogens (tertiary/aromatic N) is 2. The molecule has 0 saturated carbocycles. The van der Waals surface area contributed by atoms with E-state index >= 15 is 0 Å². The molecule has 1 aromatic heterocycles. The molecular weight excluding hydrogens is 200 g/mol. The molecule has 0 atom stereocenters. The highest BCUT2D eigenvalue weighted by molar-refractivity contribution is 5.27. The van der Waals surface area contributed by atoms with Crippen molar-refractivity contribution in [2.75, 3.05) is 27.2 Å². The lowest BCUT2D eigenvalue weighted by molar-refractivity contribution is 0.323. The van der Waals surface area contributed by atoms with Crippen molar-refractivity contribution in [1.82, 2.24) is 20.4 Å². The topological polar surface area (TPSA) is 44.0 Å². The third-order valence-electron chi connectivity index (χ3n) is 3.31. The fraction of sp³-hybridized carbons (Fsp3) is 0.750. The van der Waals surface area contributed by atoms with Crippen LogP contribution in [0.4, 0.5) is 0 Å². The summed E-state index contributed by atoms with van der Waals surface area (Å²) in [6.45, 7) is 3.06. The number of H-pyrrole nitrogens is 1. The van der Waals surface area contributed by atoms with E-state index in [1.807, 2.05) is 7.05 Å². The Morgan fingerprint density at radius 1 is 1.38 bits per heavy atom. The van der Waals surface area contributed by atoms with Gasteiger partial charge in [-0.1, -0.05) is 0 Å². The van der Waals surface area contributed by atoms with Crippen LogP contribution < -0.4 is 5.32 Å². The lowest BCUT2D eigenvalue weighted by Crippen LogP contribution is -2.27. The normalized spacial score (nSPS) is 15.4. The van der Waals surface area contributed by atoms with Gasteiger partial charge in [-0.2, -0.15) is 5.10 Å². The summed E-state index contributed by atoms with van der Waals surface area (Å²) in [4.78, 5) is 2.32. The average molecular weight is 222 g/mol. The van der Waals surface area contributed by atoms with Crippen LogP contribution in [0, 0.1) is 0 Å². The highest BCUT2D eigenvalue weighted by Crippen LogP contribution is 2.22. The Hall–Kier alpha value is -0.870. The highest BCUT2D eigenvalue weighted by Gasteiger charge is 2.17. The number of aryl methyl sites for hydroxylation is 1. The molecule has 2 N–H and O–H groups in total. The van der Waals surface area contributed by atoms with Crippen LogP contribution in [-0.2, 0) is 19.4 Å². The molecule has 1 heterocycles. The average Bonchev–Trinajstić information content (AvgIpc) is 2.70. The van der Waals surface area contributed by atoms with E-state index in [4.69, 9.17) is 0 Å². The van der Waals surface area contributed by atoms with Crippen LogP contribution in [0.1, 0.15) is 29.8 Å². The molecule has 0 unspecified atom stereocenters. The first kappa shape index (κ1) is 11.6. The minimum atomic E-state index is 0.966. The molecule has 0 bridgehead atoms. The lowest BCUT2D eigenvalue weighted by Gasteiger charge is -2.17. The molecule has 0 spiro atoms. The van der Waals surface area contributed by atoms with Gasteiger partial charge in [0.05, 0.1) is 5.69 Å². The van der Waals surface area contributed by atoms with E-state index < -0.39 is 0 Å². The van der Waals surface area contributed by atoms with Gasteiger partial charge in [0.15, 0.2) is 0 Å². The van der Waals surface area contributed by atoms with E-state index in [0.717, 1.165) is 19.6 Å². The first-order valence-electron chi connectivity index (χ1n) is 6.19. The molecule has 16 heavy (non-hydrogen) atoms. The van der Waals surface area contributed by atoms with Crippen molar-refractivity contribution in [3.05, 3.63) is 17.0 Å². The Balaban J connectivity index is 1.96. The van der Waals surface area contributed by atoms with Gasteiger partial charge >= 0.3 is 0 Å². The van der Waals surface area contributed by atoms with E-state index in [1.165, 1.54) is 42.6 Å². The summed E-state index contributed by atoms with van der Waals surface area (Å²) < 4.78 is 0. The van der Waals surface area contributed by atoms with Crippen molar-refractivity contribution in [2.24, 2.45) is 0 Å². The smallest absolute Gasteiger partial charge is 0.0796 e. The van der Waals surface area contributed by atoms with Crippen molar-refractivity contribution < 1.29 is 0 Å². The van der Waals surface area contributed by atoms with E-state index in [2.05, 4.69) is 27.5 Å². The number of fused-ring (bicyclic) bond motifs is 1. The number of aromatic amines is 1. The largest absolute Gasteiger partial charge is 0.318 e. The van der Waals surface area contributed by atoms with Crippen LogP contribution in [-0.4, -0.2) is 42.3 Å². The van der Waals surface area contributed by atoms with Crippen LogP contribution in [0.2, 0.25) is 0 Å². The summed E-state index contributed by atoms with van der Waals surface area (Å²) in [6, 6.07) is 0. The number of likely N-dealkylation sites (N-methyl/N-ethyl adjacent to an activating group) is 2. The number of hydrogen-bond donors (Lipinski definition) is 2. The summed E-state index contributed by atoms with van der Waals surface area (Å²) >= 11 is 0. The maximum absolute atomic E-state index is 4.46. The van der Waals surface area contributed by atoms with E-state index in [1.54, 1.807) is 0 Å². The molecule has 0 amide bonds. The number of nitrogens with one attached hydrogen (secondary N) is 2. The molecule has 2 rings (SSSR count). The molecule has 4 nitrogen and oxygen atoms in total. The van der Waals surface area contributed by atoms with Crippen LogP contribution in [0.15, 0.2) is 0 Å². The number of hydrogen-bond acceptors (Lipinski definition) is 3. The Labute approximate surface area is 97.4 Å². The molecule has 90 valence electrons. The van der Waals surface area contributed by atoms with Crippen LogP contribution in [0.3, 0.4) is 0 Å². The summed E-state index contributed by atoms with van der Waals surface area (Å²) in [7, 11) is 4.14. The summed E-state index contributed by atoms with van der Waals surface area (Å²) in [6.07, 6.45) is 5.02. The Bertz CT molecular complexity index is 332. The third kappa shape index (κ3) is 2.62. The summed E-state index contributed by atoms with van der Waals surface area (Å²) in [5.41, 5.74) is 4.12. The Morgan fingerprint density at radius 3 is 3.00 bits per heavy atom. The van der Waals surface area contributed by atoms with Crippen molar-refractivity contribution in [2.45, 2.75) is 32.2 Å². The molecule has 0 saturated heterocycles. The standard InChI is InChI=1S/C12H22N4/c1-13-7-8-16(2)9-12-10-5-3-4-6-11(10)14-15-12/h13H,3-9H2,1-2H3,(H,14,15). The predicted molar refractivity (Wildman–Crippen MR) is 65.5 cm³/mol. The minimum Gasteiger partial charge on any atom is -0.318 e. The molecule has 0 radical (unpaired) electrons. The van der Waals surface area contributed by atoms with E-state index in [-0.39, 0.29) is 0 Å². The van der Waals surface area contributed by atoms with Crippen molar-refractivity contribution in [3.63, 3.8) is 0 Å². The van der Waals surface area contributed by atoms with Crippen LogP contribution >= 0.6 is 0 Å². The van der Waals surface area contributed by atoms with Crippen molar-refractivity contribution in [1.29, 1.82) is 0 Å². The van der Waals surface area contributed by atoms with Gasteiger partial charge in [-0.05, 0) is 45.3 Å². The highest BCUT2D eigenvalue weighted by atomic mass is 15.2. The quantitative estimate of drug-likeness (QED) is 0.779. The van der Waals surface area contributed by atoms with E-state index in [9.17, 15) is 0 Å².